The number of rotatable bonds is 47. The van der Waals surface area contributed by atoms with Gasteiger partial charge in [-0.2, -0.15) is 0 Å². The second kappa shape index (κ2) is 49.0. The molecule has 0 aliphatic heterocycles. The smallest absolute Gasteiger partial charge is 0.249 e. The normalized spacial score (nSPS) is 14.4. The highest BCUT2D eigenvalue weighted by atomic mass is 16.3. The van der Waals surface area contributed by atoms with Crippen LogP contribution in [0, 0.1) is 0 Å². The fraction of sp³-hybridized carbons (Fsp3) is 0.800. The molecule has 61 heavy (non-hydrogen) atoms. The van der Waals surface area contributed by atoms with E-state index in [-0.39, 0.29) is 0 Å². The lowest BCUT2D eigenvalue weighted by molar-refractivity contribution is -0.132. The fourth-order valence-corrected chi connectivity index (χ4v) is 7.75. The molecule has 4 unspecified atom stereocenters. The second-order valence-electron chi connectivity index (χ2n) is 17.8. The maximum absolute atomic E-state index is 12.6. The molecule has 0 rings (SSSR count). The maximum Gasteiger partial charge on any atom is 0.249 e. The molecule has 0 aromatic heterocycles. The lowest BCUT2D eigenvalue weighted by Gasteiger charge is -2.27. The van der Waals surface area contributed by atoms with E-state index in [0.717, 1.165) is 57.8 Å². The molecular weight excluding hydrogens is 755 g/mol. The summed E-state index contributed by atoms with van der Waals surface area (Å²) in [6, 6.07) is -1.01. The Morgan fingerprint density at radius 1 is 0.410 bits per heavy atom. The van der Waals surface area contributed by atoms with Crippen molar-refractivity contribution < 1.29 is 25.2 Å². The number of aliphatic hydroxyl groups excluding tert-OH is 4. The summed E-state index contributed by atoms with van der Waals surface area (Å²) in [7, 11) is 0. The highest BCUT2D eigenvalue weighted by Crippen LogP contribution is 2.16. The summed E-state index contributed by atoms with van der Waals surface area (Å²) in [6.45, 7) is 4.00. The van der Waals surface area contributed by atoms with Gasteiger partial charge in [0.15, 0.2) is 0 Å². The van der Waals surface area contributed by atoms with Gasteiger partial charge < -0.3 is 25.7 Å². The van der Waals surface area contributed by atoms with Crippen LogP contribution >= 0.6 is 0 Å². The lowest BCUT2D eigenvalue weighted by Crippen LogP contribution is -2.53. The molecule has 0 heterocycles. The third-order valence-corrected chi connectivity index (χ3v) is 11.9. The molecule has 0 radical (unpaired) electrons. The Balaban J connectivity index is 3.67. The van der Waals surface area contributed by atoms with E-state index in [1.54, 1.807) is 0 Å². The summed E-state index contributed by atoms with van der Waals surface area (Å²) in [5, 5.41) is 43.8. The molecule has 5 N–H and O–H groups in total. The van der Waals surface area contributed by atoms with Gasteiger partial charge in [-0.3, -0.25) is 4.79 Å². The van der Waals surface area contributed by atoms with Gasteiger partial charge in [0, 0.05) is 0 Å². The van der Waals surface area contributed by atoms with Crippen LogP contribution in [0.5, 0.6) is 0 Å². The van der Waals surface area contributed by atoms with Crippen LogP contribution in [-0.4, -0.2) is 57.3 Å². The molecular formula is C55H101NO5. The van der Waals surface area contributed by atoms with Crippen molar-refractivity contribution in [3.05, 3.63) is 60.8 Å². The van der Waals surface area contributed by atoms with Crippen LogP contribution in [-0.2, 0) is 4.79 Å². The number of hydrogen-bond acceptors (Lipinski definition) is 5. The monoisotopic (exact) mass is 856 g/mol. The van der Waals surface area contributed by atoms with Crippen LogP contribution in [0.3, 0.4) is 0 Å². The van der Waals surface area contributed by atoms with Gasteiger partial charge in [-0.1, -0.05) is 222 Å². The van der Waals surface area contributed by atoms with Gasteiger partial charge in [0.1, 0.15) is 12.2 Å². The van der Waals surface area contributed by atoms with Crippen molar-refractivity contribution in [2.75, 3.05) is 6.61 Å². The number of amides is 1. The van der Waals surface area contributed by atoms with E-state index >= 15 is 0 Å². The predicted molar refractivity (Wildman–Crippen MR) is 265 cm³/mol. The number of carbonyl (C=O) groups is 1. The molecule has 356 valence electrons. The molecule has 0 saturated heterocycles. The average Bonchev–Trinajstić information content (AvgIpc) is 3.26. The van der Waals surface area contributed by atoms with Crippen LogP contribution in [0.15, 0.2) is 60.8 Å². The van der Waals surface area contributed by atoms with Crippen LogP contribution in [0.4, 0.5) is 0 Å². The van der Waals surface area contributed by atoms with Gasteiger partial charge >= 0.3 is 0 Å². The largest absolute Gasteiger partial charge is 0.394 e. The summed E-state index contributed by atoms with van der Waals surface area (Å²) >= 11 is 0. The molecule has 6 heteroatoms. The number of nitrogens with one attached hydrogen (secondary N) is 1. The van der Waals surface area contributed by atoms with Crippen molar-refractivity contribution in [2.24, 2.45) is 0 Å². The minimum Gasteiger partial charge on any atom is -0.394 e. The SMILES string of the molecule is CCCC/C=C/CC/C=C/CC/C=C/CCCC(O)C(O)C(CO)NC(=O)C(O)CCCCCCCCCCCCCCCC/C=C\C/C=C\CCCCCCCCCCC. The topological polar surface area (TPSA) is 110 Å². The number of hydrogen-bond donors (Lipinski definition) is 5. The van der Waals surface area contributed by atoms with Crippen molar-refractivity contribution in [3.63, 3.8) is 0 Å². The summed E-state index contributed by atoms with van der Waals surface area (Å²) < 4.78 is 0. The van der Waals surface area contributed by atoms with E-state index in [9.17, 15) is 25.2 Å². The Labute approximate surface area is 378 Å². The lowest BCUT2D eigenvalue weighted by atomic mass is 10.00. The maximum atomic E-state index is 12.6. The number of carbonyl (C=O) groups excluding carboxylic acids is 1. The van der Waals surface area contributed by atoms with Gasteiger partial charge in [-0.25, -0.2) is 0 Å². The Kier molecular flexibility index (Phi) is 47.4. The van der Waals surface area contributed by atoms with Crippen LogP contribution < -0.4 is 5.32 Å². The van der Waals surface area contributed by atoms with Crippen molar-refractivity contribution in [3.8, 4) is 0 Å². The molecule has 0 saturated carbocycles. The zero-order valence-electron chi connectivity index (χ0n) is 40.2. The van der Waals surface area contributed by atoms with Gasteiger partial charge in [0.25, 0.3) is 0 Å². The standard InChI is InChI=1S/C55H101NO5/c1-3-5-7-9-11-13-15-17-19-20-21-22-23-24-25-26-27-28-29-30-31-32-33-35-37-39-41-43-45-47-49-53(59)55(61)56-51(50-57)54(60)52(58)48-46-44-42-40-38-36-34-18-16-14-12-10-8-6-4-2/h10,12,18,21-22,24-25,34,40,42,51-54,57-60H,3-9,11,13-17,19-20,23,26-33,35-39,41,43-50H2,1-2H3,(H,56,61)/b12-10+,22-21-,25-24-,34-18+,42-40+. The van der Waals surface area contributed by atoms with Gasteiger partial charge in [-0.15, -0.1) is 0 Å². The average molecular weight is 856 g/mol. The minimum absolute atomic E-state index is 0.356. The van der Waals surface area contributed by atoms with Crippen LogP contribution in [0.25, 0.3) is 0 Å². The Bertz CT molecular complexity index is 1050. The molecule has 0 aliphatic carbocycles. The quantitative estimate of drug-likeness (QED) is 0.0309. The first-order valence-corrected chi connectivity index (χ1v) is 26.2. The van der Waals surface area contributed by atoms with Crippen molar-refractivity contribution >= 4 is 5.91 Å². The first-order valence-electron chi connectivity index (χ1n) is 26.2. The molecule has 0 bridgehead atoms. The zero-order valence-corrected chi connectivity index (χ0v) is 40.2. The molecule has 0 fully saturated rings. The number of unbranched alkanes of at least 4 members (excludes halogenated alkanes) is 28. The number of allylic oxidation sites excluding steroid dienone is 10. The second-order valence-corrected chi connectivity index (χ2v) is 17.8. The first-order chi connectivity index (χ1) is 30.0. The van der Waals surface area contributed by atoms with E-state index < -0.39 is 36.9 Å². The summed E-state index contributed by atoms with van der Waals surface area (Å²) in [4.78, 5) is 12.6. The first kappa shape index (κ1) is 59.0. The van der Waals surface area contributed by atoms with Gasteiger partial charge in [-0.05, 0) is 89.9 Å². The number of aliphatic hydroxyl groups is 4. The van der Waals surface area contributed by atoms with E-state index in [4.69, 9.17) is 0 Å². The van der Waals surface area contributed by atoms with E-state index in [1.807, 2.05) is 0 Å². The fourth-order valence-electron chi connectivity index (χ4n) is 7.75. The Morgan fingerprint density at radius 3 is 1.18 bits per heavy atom. The Hall–Kier alpha value is -1.99. The third kappa shape index (κ3) is 43.1. The third-order valence-electron chi connectivity index (χ3n) is 11.9. The van der Waals surface area contributed by atoms with Gasteiger partial charge in [0.05, 0.1) is 18.8 Å². The molecule has 0 aromatic carbocycles. The van der Waals surface area contributed by atoms with Crippen molar-refractivity contribution in [2.45, 2.75) is 276 Å². The summed E-state index contributed by atoms with van der Waals surface area (Å²) in [5.41, 5.74) is 0. The molecule has 0 aromatic rings. The van der Waals surface area contributed by atoms with Crippen molar-refractivity contribution in [1.82, 2.24) is 5.32 Å². The minimum atomic E-state index is -1.30. The molecule has 0 spiro atoms. The zero-order chi connectivity index (χ0) is 44.5. The molecule has 1 amide bonds. The van der Waals surface area contributed by atoms with E-state index in [0.29, 0.717) is 19.3 Å². The molecule has 4 atom stereocenters. The summed E-state index contributed by atoms with van der Waals surface area (Å²) in [5.74, 6) is -0.601. The van der Waals surface area contributed by atoms with E-state index in [1.165, 1.54) is 161 Å². The Morgan fingerprint density at radius 2 is 0.754 bits per heavy atom. The molecule has 6 nitrogen and oxygen atoms in total. The summed E-state index contributed by atoms with van der Waals surface area (Å²) in [6.07, 6.45) is 62.8. The highest BCUT2D eigenvalue weighted by molar-refractivity contribution is 5.80. The van der Waals surface area contributed by atoms with Crippen LogP contribution in [0.1, 0.15) is 251 Å². The van der Waals surface area contributed by atoms with E-state index in [2.05, 4.69) is 79.9 Å². The predicted octanol–water partition coefficient (Wildman–Crippen LogP) is 14.8. The van der Waals surface area contributed by atoms with Crippen molar-refractivity contribution in [1.29, 1.82) is 0 Å². The highest BCUT2D eigenvalue weighted by Gasteiger charge is 2.28. The molecule has 0 aliphatic rings. The van der Waals surface area contributed by atoms with Crippen LogP contribution in [0.2, 0.25) is 0 Å². The van der Waals surface area contributed by atoms with Gasteiger partial charge in [0.2, 0.25) is 5.91 Å².